The Morgan fingerprint density at radius 1 is 1.04 bits per heavy atom. The number of aryl methyl sites for hydroxylation is 2. The monoisotopic (exact) mass is 407 g/mol. The fraction of sp³-hybridized carbons (Fsp3) is 0.136. The van der Waals surface area contributed by atoms with E-state index in [1.165, 1.54) is 11.8 Å². The number of hydrogen-bond donors (Lipinski definition) is 0. The van der Waals surface area contributed by atoms with Gasteiger partial charge in [0.1, 0.15) is 6.07 Å². The Labute approximate surface area is 171 Å². The Morgan fingerprint density at radius 3 is 2.39 bits per heavy atom. The van der Waals surface area contributed by atoms with Crippen LogP contribution >= 0.6 is 23.1 Å². The minimum absolute atomic E-state index is 0.213. The molecule has 0 aliphatic heterocycles. The normalized spacial score (nSPS) is 10.3. The van der Waals surface area contributed by atoms with Crippen molar-refractivity contribution in [1.29, 1.82) is 5.26 Å². The van der Waals surface area contributed by atoms with E-state index in [4.69, 9.17) is 4.74 Å². The summed E-state index contributed by atoms with van der Waals surface area (Å²) in [5, 5.41) is 9.26. The topological polar surface area (TPSA) is 67.2 Å². The van der Waals surface area contributed by atoms with Gasteiger partial charge >= 0.3 is 5.97 Å². The second-order valence-corrected chi connectivity index (χ2v) is 8.58. The van der Waals surface area contributed by atoms with E-state index in [0.717, 1.165) is 14.6 Å². The van der Waals surface area contributed by atoms with Gasteiger partial charge in [0.2, 0.25) is 5.78 Å². The average molecular weight is 408 g/mol. The van der Waals surface area contributed by atoms with Crippen molar-refractivity contribution in [3.05, 3.63) is 81.0 Å². The van der Waals surface area contributed by atoms with E-state index in [1.807, 2.05) is 38.1 Å². The molecule has 3 rings (SSSR count). The Hall–Kier alpha value is -2.88. The molecule has 6 heteroatoms. The van der Waals surface area contributed by atoms with Crippen LogP contribution in [-0.4, -0.2) is 18.4 Å². The molecule has 0 spiro atoms. The predicted molar refractivity (Wildman–Crippen MR) is 110 cm³/mol. The van der Waals surface area contributed by atoms with Crippen molar-refractivity contribution in [2.45, 2.75) is 23.6 Å². The highest BCUT2D eigenvalue weighted by Gasteiger charge is 2.18. The maximum absolute atomic E-state index is 12.6. The van der Waals surface area contributed by atoms with Gasteiger partial charge in [-0.15, -0.1) is 11.3 Å². The van der Waals surface area contributed by atoms with Gasteiger partial charge in [0.15, 0.2) is 6.61 Å². The summed E-state index contributed by atoms with van der Waals surface area (Å²) in [4.78, 5) is 28.3. The van der Waals surface area contributed by atoms with Crippen molar-refractivity contribution in [3.63, 3.8) is 0 Å². The number of hydrogen-bond acceptors (Lipinski definition) is 6. The number of esters is 1. The minimum atomic E-state index is -0.560. The van der Waals surface area contributed by atoms with Crippen molar-refractivity contribution in [1.82, 2.24) is 0 Å². The molecule has 0 radical (unpaired) electrons. The van der Waals surface area contributed by atoms with E-state index in [-0.39, 0.29) is 12.4 Å². The molecule has 1 heterocycles. The molecule has 0 aliphatic carbocycles. The number of Topliss-reactive ketones (excluding diaryl/α,β-unsaturated/α-hetero) is 1. The van der Waals surface area contributed by atoms with Gasteiger partial charge in [-0.1, -0.05) is 36.0 Å². The molecule has 0 amide bonds. The van der Waals surface area contributed by atoms with Crippen molar-refractivity contribution in [2.24, 2.45) is 0 Å². The van der Waals surface area contributed by atoms with E-state index in [9.17, 15) is 14.9 Å². The lowest BCUT2D eigenvalue weighted by molar-refractivity contribution is 0.0471. The number of thiophene rings is 1. The van der Waals surface area contributed by atoms with Crippen LogP contribution in [-0.2, 0) is 4.74 Å². The summed E-state index contributed by atoms with van der Waals surface area (Å²) < 4.78 is 5.28. The lowest BCUT2D eigenvalue weighted by atomic mass is 10.2. The number of ether oxygens (including phenoxy) is 1. The molecule has 2 aromatic carbocycles. The van der Waals surface area contributed by atoms with Gasteiger partial charge in [-0.25, -0.2) is 4.79 Å². The second-order valence-electron chi connectivity index (χ2n) is 6.03. The highest BCUT2D eigenvalue weighted by Crippen LogP contribution is 2.33. The first kappa shape index (κ1) is 19.9. The molecule has 140 valence electrons. The smallest absolute Gasteiger partial charge is 0.339 e. The van der Waals surface area contributed by atoms with Crippen molar-refractivity contribution < 1.29 is 14.3 Å². The largest absolute Gasteiger partial charge is 0.454 e. The van der Waals surface area contributed by atoms with Crippen LogP contribution in [0.4, 0.5) is 0 Å². The van der Waals surface area contributed by atoms with E-state index in [1.54, 1.807) is 41.7 Å². The summed E-state index contributed by atoms with van der Waals surface area (Å²) in [6, 6.07) is 18.2. The fourth-order valence-electron chi connectivity index (χ4n) is 2.68. The number of nitriles is 1. The van der Waals surface area contributed by atoms with Gasteiger partial charge in [0, 0.05) is 25.1 Å². The molecule has 3 aromatic rings. The summed E-state index contributed by atoms with van der Waals surface area (Å²) in [7, 11) is 0. The van der Waals surface area contributed by atoms with Crippen LogP contribution in [0.15, 0.2) is 64.4 Å². The summed E-state index contributed by atoms with van der Waals surface area (Å²) in [6.45, 7) is 3.52. The third-order valence-electron chi connectivity index (χ3n) is 4.01. The SMILES string of the molecule is Cc1cc(C(=O)COC(=O)c2ccccc2Sc2ccccc2C#N)c(C)s1. The molecular weight excluding hydrogens is 390 g/mol. The first-order chi connectivity index (χ1) is 13.5. The number of carbonyl (C=O) groups excluding carboxylic acids is 2. The van der Waals surface area contributed by atoms with Crippen LogP contribution in [0.5, 0.6) is 0 Å². The molecule has 1 aromatic heterocycles. The summed E-state index contributed by atoms with van der Waals surface area (Å²) >= 11 is 2.87. The Morgan fingerprint density at radius 2 is 1.71 bits per heavy atom. The van der Waals surface area contributed by atoms with Gasteiger partial charge in [-0.3, -0.25) is 4.79 Å². The third-order valence-corrected chi connectivity index (χ3v) is 6.13. The van der Waals surface area contributed by atoms with E-state index in [0.29, 0.717) is 21.6 Å². The van der Waals surface area contributed by atoms with Crippen LogP contribution in [0.25, 0.3) is 0 Å². The molecule has 28 heavy (non-hydrogen) atoms. The number of ketones is 1. The highest BCUT2D eigenvalue weighted by atomic mass is 32.2. The van der Waals surface area contributed by atoms with Gasteiger partial charge in [0.25, 0.3) is 0 Å². The van der Waals surface area contributed by atoms with E-state index >= 15 is 0 Å². The molecule has 0 bridgehead atoms. The third kappa shape index (κ3) is 4.50. The van der Waals surface area contributed by atoms with Gasteiger partial charge in [0.05, 0.1) is 11.1 Å². The van der Waals surface area contributed by atoms with Crippen molar-refractivity contribution in [2.75, 3.05) is 6.61 Å². The number of benzene rings is 2. The van der Waals surface area contributed by atoms with Crippen LogP contribution in [0.3, 0.4) is 0 Å². The van der Waals surface area contributed by atoms with Crippen LogP contribution in [0.2, 0.25) is 0 Å². The maximum Gasteiger partial charge on any atom is 0.339 e. The zero-order valence-corrected chi connectivity index (χ0v) is 17.0. The van der Waals surface area contributed by atoms with Gasteiger partial charge in [-0.2, -0.15) is 5.26 Å². The molecule has 0 atom stereocenters. The lowest BCUT2D eigenvalue weighted by Crippen LogP contribution is -2.15. The van der Waals surface area contributed by atoms with Crippen molar-refractivity contribution in [3.8, 4) is 6.07 Å². The Kier molecular flexibility index (Phi) is 6.30. The maximum atomic E-state index is 12.6. The molecular formula is C22H17NO3S2. The molecule has 0 saturated heterocycles. The average Bonchev–Trinajstić information content (AvgIpc) is 3.05. The molecule has 0 saturated carbocycles. The van der Waals surface area contributed by atoms with Crippen LogP contribution < -0.4 is 0 Å². The summed E-state index contributed by atoms with van der Waals surface area (Å²) in [5.41, 5.74) is 1.50. The van der Waals surface area contributed by atoms with E-state index in [2.05, 4.69) is 6.07 Å². The second kappa shape index (κ2) is 8.87. The van der Waals surface area contributed by atoms with Gasteiger partial charge in [-0.05, 0) is 44.2 Å². The quantitative estimate of drug-likeness (QED) is 0.403. The predicted octanol–water partition coefficient (Wildman–Crippen LogP) is 5.43. The van der Waals surface area contributed by atoms with Crippen molar-refractivity contribution >= 4 is 34.9 Å². The first-order valence-electron chi connectivity index (χ1n) is 8.53. The standard InChI is InChI=1S/C22H17NO3S2/c1-14-11-18(15(2)27-14)19(24)13-26-22(25)17-8-4-6-10-21(17)28-20-9-5-3-7-16(20)12-23/h3-11H,13H2,1-2H3. The number of carbonyl (C=O) groups is 2. The Bertz CT molecular complexity index is 1080. The molecule has 0 unspecified atom stereocenters. The molecule has 0 fully saturated rings. The molecule has 0 N–H and O–H groups in total. The zero-order valence-electron chi connectivity index (χ0n) is 15.4. The van der Waals surface area contributed by atoms with Crippen LogP contribution in [0.1, 0.15) is 36.0 Å². The molecule has 0 aliphatic rings. The molecule has 4 nitrogen and oxygen atoms in total. The fourth-order valence-corrected chi connectivity index (χ4v) is 4.64. The summed E-state index contributed by atoms with van der Waals surface area (Å²) in [6.07, 6.45) is 0. The zero-order chi connectivity index (χ0) is 20.1. The Balaban J connectivity index is 1.75. The van der Waals surface area contributed by atoms with E-state index < -0.39 is 5.97 Å². The number of nitrogens with zero attached hydrogens (tertiary/aromatic N) is 1. The van der Waals surface area contributed by atoms with Crippen LogP contribution in [0, 0.1) is 25.2 Å². The number of rotatable bonds is 6. The first-order valence-corrected chi connectivity index (χ1v) is 10.2. The lowest BCUT2D eigenvalue weighted by Gasteiger charge is -2.10. The minimum Gasteiger partial charge on any atom is -0.454 e. The highest BCUT2D eigenvalue weighted by molar-refractivity contribution is 7.99. The summed E-state index contributed by atoms with van der Waals surface area (Å²) in [5.74, 6) is -0.773. The van der Waals surface area contributed by atoms with Gasteiger partial charge < -0.3 is 4.74 Å².